The predicted octanol–water partition coefficient (Wildman–Crippen LogP) is 2.73. The normalized spacial score (nSPS) is 10.5. The van der Waals surface area contributed by atoms with Gasteiger partial charge in [0.15, 0.2) is 5.69 Å². The van der Waals surface area contributed by atoms with E-state index in [1.807, 2.05) is 6.92 Å². The maximum Gasteiger partial charge on any atom is 0.361 e. The predicted molar refractivity (Wildman–Crippen MR) is 89.4 cm³/mol. The Morgan fingerprint density at radius 3 is 2.62 bits per heavy atom. The Morgan fingerprint density at radius 2 is 2.00 bits per heavy atom. The minimum Gasteiger partial charge on any atom is -0.496 e. The highest BCUT2D eigenvalue weighted by molar-refractivity contribution is 6.08. The number of nitrogens with zero attached hydrogens (tertiary/aromatic N) is 2. The second kappa shape index (κ2) is 7.63. The third kappa shape index (κ3) is 3.92. The molecule has 1 aromatic carbocycles. The molecular formula is C17H21N3O4. The molecule has 7 nitrogen and oxygen atoms in total. The van der Waals surface area contributed by atoms with Crippen molar-refractivity contribution in [2.24, 2.45) is 0 Å². The van der Waals surface area contributed by atoms with Crippen molar-refractivity contribution in [1.82, 2.24) is 9.78 Å². The Kier molecular flexibility index (Phi) is 5.57. The molecule has 0 atom stereocenters. The number of carbonyl (C=O) groups is 2. The van der Waals surface area contributed by atoms with Crippen LogP contribution in [0.5, 0.6) is 5.75 Å². The summed E-state index contributed by atoms with van der Waals surface area (Å²) in [5.41, 5.74) is 0.750. The molecule has 0 fully saturated rings. The molecule has 0 spiro atoms. The summed E-state index contributed by atoms with van der Waals surface area (Å²) >= 11 is 0. The van der Waals surface area contributed by atoms with Crippen LogP contribution in [-0.4, -0.2) is 34.9 Å². The van der Waals surface area contributed by atoms with Gasteiger partial charge in [-0.1, -0.05) is 12.1 Å². The summed E-state index contributed by atoms with van der Waals surface area (Å²) in [5, 5.41) is 6.87. The highest BCUT2D eigenvalue weighted by atomic mass is 16.5. The van der Waals surface area contributed by atoms with E-state index in [2.05, 4.69) is 10.4 Å². The number of amides is 1. The first-order chi connectivity index (χ1) is 11.5. The highest BCUT2D eigenvalue weighted by Gasteiger charge is 2.22. The van der Waals surface area contributed by atoms with Crippen LogP contribution in [0.2, 0.25) is 0 Å². The summed E-state index contributed by atoms with van der Waals surface area (Å²) in [6, 6.07) is 6.85. The molecule has 0 bridgehead atoms. The van der Waals surface area contributed by atoms with Gasteiger partial charge < -0.3 is 14.8 Å². The lowest BCUT2D eigenvalue weighted by Crippen LogP contribution is -2.17. The summed E-state index contributed by atoms with van der Waals surface area (Å²) in [7, 11) is 1.49. The van der Waals surface area contributed by atoms with E-state index in [4.69, 9.17) is 9.47 Å². The van der Waals surface area contributed by atoms with Crippen LogP contribution < -0.4 is 10.1 Å². The number of benzene rings is 1. The standard InChI is InChI=1S/C17H21N3O4/c1-5-20-10-13(15(19-20)17(22)24-11(2)3)18-16(21)12-8-6-7-9-14(12)23-4/h6-11H,5H2,1-4H3,(H,18,21). The van der Waals surface area contributed by atoms with Crippen LogP contribution in [0.1, 0.15) is 41.6 Å². The Morgan fingerprint density at radius 1 is 1.29 bits per heavy atom. The molecule has 0 aliphatic carbocycles. The number of para-hydroxylation sites is 1. The Bertz CT molecular complexity index is 737. The summed E-state index contributed by atoms with van der Waals surface area (Å²) in [6.45, 7) is 5.95. The molecule has 128 valence electrons. The average Bonchev–Trinajstić information content (AvgIpc) is 2.97. The van der Waals surface area contributed by atoms with Gasteiger partial charge in [-0.05, 0) is 32.9 Å². The summed E-state index contributed by atoms with van der Waals surface area (Å²) in [5.74, 6) is -0.515. The zero-order valence-corrected chi connectivity index (χ0v) is 14.2. The van der Waals surface area contributed by atoms with Crippen molar-refractivity contribution < 1.29 is 19.1 Å². The maximum absolute atomic E-state index is 12.5. The number of esters is 1. The summed E-state index contributed by atoms with van der Waals surface area (Å²) in [6.07, 6.45) is 1.33. The number of aryl methyl sites for hydroxylation is 1. The fraction of sp³-hybridized carbons (Fsp3) is 0.353. The fourth-order valence-electron chi connectivity index (χ4n) is 2.12. The molecule has 1 heterocycles. The molecule has 0 unspecified atom stereocenters. The molecule has 2 aromatic rings. The van der Waals surface area contributed by atoms with Crippen molar-refractivity contribution in [3.05, 3.63) is 41.7 Å². The van der Waals surface area contributed by atoms with Crippen molar-refractivity contribution in [2.45, 2.75) is 33.4 Å². The quantitative estimate of drug-likeness (QED) is 0.823. The van der Waals surface area contributed by atoms with Crippen molar-refractivity contribution >= 4 is 17.6 Å². The second-order valence-corrected chi connectivity index (χ2v) is 5.36. The fourth-order valence-corrected chi connectivity index (χ4v) is 2.12. The van der Waals surface area contributed by atoms with Crippen molar-refractivity contribution in [2.75, 3.05) is 12.4 Å². The molecule has 0 radical (unpaired) electrons. The van der Waals surface area contributed by atoms with E-state index < -0.39 is 5.97 Å². The van der Waals surface area contributed by atoms with E-state index in [1.54, 1.807) is 49.0 Å². The average molecular weight is 331 g/mol. The van der Waals surface area contributed by atoms with Gasteiger partial charge in [0.2, 0.25) is 0 Å². The highest BCUT2D eigenvalue weighted by Crippen LogP contribution is 2.21. The molecule has 0 saturated heterocycles. The minimum atomic E-state index is -0.576. The zero-order chi connectivity index (χ0) is 17.7. The van der Waals surface area contributed by atoms with E-state index >= 15 is 0 Å². The van der Waals surface area contributed by atoms with Crippen LogP contribution in [0.4, 0.5) is 5.69 Å². The first-order valence-corrected chi connectivity index (χ1v) is 7.69. The summed E-state index contributed by atoms with van der Waals surface area (Å²) < 4.78 is 11.9. The number of ether oxygens (including phenoxy) is 2. The first kappa shape index (κ1) is 17.5. The number of hydrogen-bond donors (Lipinski definition) is 1. The van der Waals surface area contributed by atoms with E-state index in [9.17, 15) is 9.59 Å². The smallest absolute Gasteiger partial charge is 0.361 e. The van der Waals surface area contributed by atoms with Gasteiger partial charge in [-0.2, -0.15) is 5.10 Å². The second-order valence-electron chi connectivity index (χ2n) is 5.36. The van der Waals surface area contributed by atoms with Crippen molar-refractivity contribution in [3.8, 4) is 5.75 Å². The monoisotopic (exact) mass is 331 g/mol. The zero-order valence-electron chi connectivity index (χ0n) is 14.2. The Hall–Kier alpha value is -2.83. The van der Waals surface area contributed by atoms with Crippen LogP contribution in [0, 0.1) is 0 Å². The number of rotatable bonds is 6. The van der Waals surface area contributed by atoms with Gasteiger partial charge in [0.25, 0.3) is 5.91 Å². The molecule has 1 aromatic heterocycles. The van der Waals surface area contributed by atoms with Crippen molar-refractivity contribution in [3.63, 3.8) is 0 Å². The largest absolute Gasteiger partial charge is 0.496 e. The molecule has 0 saturated carbocycles. The Balaban J connectivity index is 2.30. The molecule has 0 aliphatic rings. The van der Waals surface area contributed by atoms with Gasteiger partial charge >= 0.3 is 5.97 Å². The van der Waals surface area contributed by atoms with Crippen LogP contribution in [0.15, 0.2) is 30.5 Å². The topological polar surface area (TPSA) is 82.5 Å². The van der Waals surface area contributed by atoms with Crippen LogP contribution >= 0.6 is 0 Å². The van der Waals surface area contributed by atoms with Crippen molar-refractivity contribution in [1.29, 1.82) is 0 Å². The van der Waals surface area contributed by atoms with Gasteiger partial charge in [-0.3, -0.25) is 9.48 Å². The number of nitrogens with one attached hydrogen (secondary N) is 1. The molecule has 1 amide bonds. The maximum atomic E-state index is 12.5. The lowest BCUT2D eigenvalue weighted by Gasteiger charge is -2.10. The van der Waals surface area contributed by atoms with E-state index in [0.29, 0.717) is 23.5 Å². The number of aromatic nitrogens is 2. The first-order valence-electron chi connectivity index (χ1n) is 7.69. The van der Waals surface area contributed by atoms with Gasteiger partial charge in [0, 0.05) is 12.7 Å². The van der Waals surface area contributed by atoms with Gasteiger partial charge in [0.05, 0.1) is 24.5 Å². The van der Waals surface area contributed by atoms with Crippen LogP contribution in [-0.2, 0) is 11.3 Å². The lowest BCUT2D eigenvalue weighted by atomic mass is 10.2. The van der Waals surface area contributed by atoms with E-state index in [1.165, 1.54) is 7.11 Å². The van der Waals surface area contributed by atoms with Gasteiger partial charge in [0.1, 0.15) is 5.75 Å². The molecule has 2 rings (SSSR count). The molecule has 24 heavy (non-hydrogen) atoms. The van der Waals surface area contributed by atoms with Gasteiger partial charge in [-0.15, -0.1) is 0 Å². The number of methoxy groups -OCH3 is 1. The third-order valence-electron chi connectivity index (χ3n) is 3.22. The van der Waals surface area contributed by atoms with Gasteiger partial charge in [-0.25, -0.2) is 4.79 Å². The minimum absolute atomic E-state index is 0.0776. The van der Waals surface area contributed by atoms with Crippen LogP contribution in [0.25, 0.3) is 0 Å². The third-order valence-corrected chi connectivity index (χ3v) is 3.22. The number of anilines is 1. The molecular weight excluding hydrogens is 310 g/mol. The SMILES string of the molecule is CCn1cc(NC(=O)c2ccccc2OC)c(C(=O)OC(C)C)n1. The number of hydrogen-bond acceptors (Lipinski definition) is 5. The molecule has 7 heteroatoms. The lowest BCUT2D eigenvalue weighted by molar-refractivity contribution is 0.0371. The number of carbonyl (C=O) groups excluding carboxylic acids is 2. The van der Waals surface area contributed by atoms with Crippen LogP contribution in [0.3, 0.4) is 0 Å². The Labute approximate surface area is 140 Å². The van der Waals surface area contributed by atoms with E-state index in [0.717, 1.165) is 0 Å². The molecule has 0 aliphatic heterocycles. The molecule has 1 N–H and O–H groups in total. The summed E-state index contributed by atoms with van der Waals surface area (Å²) in [4.78, 5) is 24.7. The van der Waals surface area contributed by atoms with E-state index in [-0.39, 0.29) is 17.7 Å².